The van der Waals surface area contributed by atoms with Gasteiger partial charge in [0, 0.05) is 0 Å². The number of carbonyl (C=O) groups is 1. The number of benzene rings is 1. The Morgan fingerprint density at radius 2 is 2.19 bits per heavy atom. The maximum atomic E-state index is 14.2. The molecule has 1 heterocycles. The van der Waals surface area contributed by atoms with Crippen LogP contribution in [-0.2, 0) is 11.3 Å². The third kappa shape index (κ3) is 2.76. The smallest absolute Gasteiger partial charge is 0.311 e. The molecule has 0 fully saturated rings. The number of nitrogens with zero attached hydrogens (tertiary/aromatic N) is 4. The number of tetrazole rings is 1. The first kappa shape index (κ1) is 15.1. The minimum Gasteiger partial charge on any atom is -0.481 e. The second kappa shape index (κ2) is 5.59. The zero-order valence-corrected chi connectivity index (χ0v) is 12.2. The molecule has 0 spiro atoms. The molecule has 0 aliphatic rings. The maximum absolute atomic E-state index is 14.2. The summed E-state index contributed by atoms with van der Waals surface area (Å²) in [4.78, 5) is 11.4. The summed E-state index contributed by atoms with van der Waals surface area (Å²) < 4.78 is 15.5. The molecular weight excluding hydrogens is 275 g/mol. The standard InChI is InChI=1S/C14H17FN4O2/c1-4-14(3,13(20)21)8-19-12(16-17-18-19)10-7-5-6-9(2)11(10)15/h5-7H,4,8H2,1-3H3,(H,20,21). The predicted molar refractivity (Wildman–Crippen MR) is 74.0 cm³/mol. The summed E-state index contributed by atoms with van der Waals surface area (Å²) in [6.07, 6.45) is 0.415. The van der Waals surface area contributed by atoms with Gasteiger partial charge in [0.1, 0.15) is 5.82 Å². The summed E-state index contributed by atoms with van der Waals surface area (Å²) >= 11 is 0. The largest absolute Gasteiger partial charge is 0.481 e. The zero-order valence-electron chi connectivity index (χ0n) is 12.2. The topological polar surface area (TPSA) is 80.9 Å². The first-order valence-electron chi connectivity index (χ1n) is 6.64. The van der Waals surface area contributed by atoms with Gasteiger partial charge in [-0.15, -0.1) is 5.10 Å². The fourth-order valence-electron chi connectivity index (χ4n) is 1.99. The zero-order chi connectivity index (χ0) is 15.6. The Bertz CT molecular complexity index is 671. The van der Waals surface area contributed by atoms with E-state index in [1.807, 2.05) is 0 Å². The highest BCUT2D eigenvalue weighted by atomic mass is 19.1. The van der Waals surface area contributed by atoms with Crippen molar-refractivity contribution in [1.29, 1.82) is 0 Å². The van der Waals surface area contributed by atoms with E-state index in [4.69, 9.17) is 0 Å². The number of rotatable bonds is 5. The molecule has 1 atom stereocenters. The Kier molecular flexibility index (Phi) is 4.02. The van der Waals surface area contributed by atoms with Crippen LogP contribution >= 0.6 is 0 Å². The van der Waals surface area contributed by atoms with Gasteiger partial charge in [-0.25, -0.2) is 9.07 Å². The van der Waals surface area contributed by atoms with E-state index in [-0.39, 0.29) is 17.9 Å². The van der Waals surface area contributed by atoms with Gasteiger partial charge in [0.05, 0.1) is 17.5 Å². The van der Waals surface area contributed by atoms with Crippen molar-refractivity contribution in [3.63, 3.8) is 0 Å². The minimum absolute atomic E-state index is 0.0779. The molecule has 0 aliphatic carbocycles. The van der Waals surface area contributed by atoms with Gasteiger partial charge in [-0.2, -0.15) is 0 Å². The number of halogens is 1. The number of hydrogen-bond donors (Lipinski definition) is 1. The molecule has 0 saturated heterocycles. The molecule has 21 heavy (non-hydrogen) atoms. The number of aliphatic carboxylic acids is 1. The fraction of sp³-hybridized carbons (Fsp3) is 0.429. The van der Waals surface area contributed by atoms with E-state index in [1.54, 1.807) is 39.0 Å². The van der Waals surface area contributed by atoms with Crippen LogP contribution in [0, 0.1) is 18.2 Å². The Labute approximate surface area is 121 Å². The molecule has 1 aromatic carbocycles. The summed E-state index contributed by atoms with van der Waals surface area (Å²) in [5.41, 5.74) is -0.257. The van der Waals surface area contributed by atoms with Crippen LogP contribution < -0.4 is 0 Å². The van der Waals surface area contributed by atoms with Gasteiger partial charge in [0.2, 0.25) is 0 Å². The molecule has 7 heteroatoms. The molecule has 6 nitrogen and oxygen atoms in total. The highest BCUT2D eigenvalue weighted by molar-refractivity contribution is 5.74. The van der Waals surface area contributed by atoms with Crippen molar-refractivity contribution >= 4 is 5.97 Å². The number of aromatic nitrogens is 4. The quantitative estimate of drug-likeness (QED) is 0.914. The van der Waals surface area contributed by atoms with E-state index in [9.17, 15) is 14.3 Å². The van der Waals surface area contributed by atoms with E-state index in [0.29, 0.717) is 12.0 Å². The SMILES string of the molecule is CCC(C)(Cn1nnnc1-c1cccc(C)c1F)C(=O)O. The van der Waals surface area contributed by atoms with Crippen LogP contribution in [0.3, 0.4) is 0 Å². The number of carboxylic acid groups (broad SMARTS) is 1. The number of aryl methyl sites for hydroxylation is 1. The highest BCUT2D eigenvalue weighted by Gasteiger charge is 2.33. The van der Waals surface area contributed by atoms with Crippen LogP contribution in [0.25, 0.3) is 11.4 Å². The Morgan fingerprint density at radius 3 is 2.81 bits per heavy atom. The van der Waals surface area contributed by atoms with E-state index in [2.05, 4.69) is 15.5 Å². The predicted octanol–water partition coefficient (Wildman–Crippen LogP) is 2.29. The van der Waals surface area contributed by atoms with Crippen molar-refractivity contribution in [3.8, 4) is 11.4 Å². The third-order valence-corrected chi connectivity index (χ3v) is 3.76. The van der Waals surface area contributed by atoms with E-state index >= 15 is 0 Å². The molecule has 112 valence electrons. The van der Waals surface area contributed by atoms with Crippen LogP contribution in [0.5, 0.6) is 0 Å². The minimum atomic E-state index is -1.01. The number of carboxylic acids is 1. The van der Waals surface area contributed by atoms with Crippen molar-refractivity contribution in [2.24, 2.45) is 5.41 Å². The number of hydrogen-bond acceptors (Lipinski definition) is 4. The van der Waals surface area contributed by atoms with E-state index in [0.717, 1.165) is 0 Å². The van der Waals surface area contributed by atoms with Crippen LogP contribution in [-0.4, -0.2) is 31.3 Å². The normalized spacial score (nSPS) is 13.9. The second-order valence-electron chi connectivity index (χ2n) is 5.32. The lowest BCUT2D eigenvalue weighted by atomic mass is 9.87. The summed E-state index contributed by atoms with van der Waals surface area (Å²) in [5.74, 6) is -1.10. The monoisotopic (exact) mass is 292 g/mol. The molecule has 2 rings (SSSR count). The molecule has 0 bridgehead atoms. The summed E-state index contributed by atoms with van der Waals surface area (Å²) in [5, 5.41) is 20.5. The van der Waals surface area contributed by atoms with Crippen molar-refractivity contribution in [1.82, 2.24) is 20.2 Å². The van der Waals surface area contributed by atoms with Gasteiger partial charge in [-0.1, -0.05) is 19.1 Å². The first-order valence-corrected chi connectivity index (χ1v) is 6.64. The second-order valence-corrected chi connectivity index (χ2v) is 5.32. The molecule has 0 amide bonds. The van der Waals surface area contributed by atoms with Crippen LogP contribution in [0.2, 0.25) is 0 Å². The summed E-state index contributed by atoms with van der Waals surface area (Å²) in [7, 11) is 0. The molecule has 1 unspecified atom stereocenters. The molecule has 1 N–H and O–H groups in total. The van der Waals surface area contributed by atoms with Gasteiger partial charge >= 0.3 is 5.97 Å². The third-order valence-electron chi connectivity index (χ3n) is 3.76. The van der Waals surface area contributed by atoms with Crippen molar-refractivity contribution < 1.29 is 14.3 Å². The average Bonchev–Trinajstić information content (AvgIpc) is 2.89. The van der Waals surface area contributed by atoms with Gasteiger partial charge in [-0.3, -0.25) is 4.79 Å². The van der Waals surface area contributed by atoms with E-state index < -0.39 is 17.2 Å². The highest BCUT2D eigenvalue weighted by Crippen LogP contribution is 2.27. The maximum Gasteiger partial charge on any atom is 0.311 e. The summed E-state index contributed by atoms with van der Waals surface area (Å²) in [6.45, 7) is 5.13. The fourth-order valence-corrected chi connectivity index (χ4v) is 1.99. The lowest BCUT2D eigenvalue weighted by molar-refractivity contribution is -0.149. The Hall–Kier alpha value is -2.31. The van der Waals surface area contributed by atoms with Crippen molar-refractivity contribution in [2.45, 2.75) is 33.7 Å². The van der Waals surface area contributed by atoms with Gasteiger partial charge < -0.3 is 5.11 Å². The lowest BCUT2D eigenvalue weighted by Crippen LogP contribution is -2.32. The molecule has 0 aliphatic heterocycles. The van der Waals surface area contributed by atoms with Crippen LogP contribution in [0.4, 0.5) is 4.39 Å². The summed E-state index contributed by atoms with van der Waals surface area (Å²) in [6, 6.07) is 4.94. The lowest BCUT2D eigenvalue weighted by Gasteiger charge is -2.22. The van der Waals surface area contributed by atoms with Gasteiger partial charge in [0.25, 0.3) is 0 Å². The van der Waals surface area contributed by atoms with Crippen LogP contribution in [0.1, 0.15) is 25.8 Å². The first-order chi connectivity index (χ1) is 9.89. The Morgan fingerprint density at radius 1 is 1.48 bits per heavy atom. The van der Waals surface area contributed by atoms with Crippen molar-refractivity contribution in [3.05, 3.63) is 29.6 Å². The molecule has 0 radical (unpaired) electrons. The molecule has 2 aromatic rings. The molecule has 1 aromatic heterocycles. The molecule has 0 saturated carbocycles. The van der Waals surface area contributed by atoms with Gasteiger partial charge in [0.15, 0.2) is 5.82 Å². The van der Waals surface area contributed by atoms with Crippen molar-refractivity contribution in [2.75, 3.05) is 0 Å². The van der Waals surface area contributed by atoms with Gasteiger partial charge in [-0.05, 0) is 42.3 Å². The van der Waals surface area contributed by atoms with Crippen LogP contribution in [0.15, 0.2) is 18.2 Å². The average molecular weight is 292 g/mol. The van der Waals surface area contributed by atoms with E-state index in [1.165, 1.54) is 4.68 Å². The molecular formula is C14H17FN4O2. The Balaban J connectivity index is 2.44.